The molecule has 0 aromatic rings. The normalized spacial score (nSPS) is 31.0. The van der Waals surface area contributed by atoms with Crippen LogP contribution in [0, 0.1) is 5.92 Å². The quantitative estimate of drug-likeness (QED) is 0.631. The van der Waals surface area contributed by atoms with Crippen molar-refractivity contribution >= 4 is 0 Å². The van der Waals surface area contributed by atoms with Gasteiger partial charge in [-0.05, 0) is 45.4 Å². The zero-order chi connectivity index (χ0) is 8.97. The first-order chi connectivity index (χ1) is 5.72. The molecule has 0 N–H and O–H groups in total. The smallest absolute Gasteiger partial charge is 0.0578 e. The lowest BCUT2D eigenvalue weighted by atomic mass is 9.86. The predicted octanol–water partition coefficient (Wildman–Crippen LogP) is 3.38. The van der Waals surface area contributed by atoms with Crippen LogP contribution in [-0.4, -0.2) is 12.2 Å². The van der Waals surface area contributed by atoms with E-state index in [0.29, 0.717) is 12.2 Å². The Balaban J connectivity index is 2.17. The van der Waals surface area contributed by atoms with E-state index < -0.39 is 0 Å². The molecule has 0 radical (unpaired) electrons. The van der Waals surface area contributed by atoms with Crippen LogP contribution in [0.2, 0.25) is 0 Å². The molecule has 0 atom stereocenters. The van der Waals surface area contributed by atoms with Gasteiger partial charge in [0.25, 0.3) is 0 Å². The second-order valence-electron chi connectivity index (χ2n) is 4.24. The summed E-state index contributed by atoms with van der Waals surface area (Å²) in [5.41, 5.74) is 0. The summed E-state index contributed by atoms with van der Waals surface area (Å²) in [6.07, 6.45) is 7.67. The highest BCUT2D eigenvalue weighted by atomic mass is 16.5. The van der Waals surface area contributed by atoms with Gasteiger partial charge in [-0.15, -0.1) is 0 Å². The first-order valence-electron chi connectivity index (χ1n) is 5.37. The molecule has 1 aliphatic rings. The number of hydrogen-bond donors (Lipinski definition) is 0. The van der Waals surface area contributed by atoms with Gasteiger partial charge in [-0.1, -0.05) is 13.3 Å². The van der Waals surface area contributed by atoms with Crippen molar-refractivity contribution < 1.29 is 4.74 Å². The van der Waals surface area contributed by atoms with Crippen molar-refractivity contribution in [2.45, 2.75) is 65.1 Å². The highest BCUT2D eigenvalue weighted by Crippen LogP contribution is 2.28. The fourth-order valence-corrected chi connectivity index (χ4v) is 2.06. The molecule has 0 unspecified atom stereocenters. The van der Waals surface area contributed by atoms with Crippen LogP contribution in [0.25, 0.3) is 0 Å². The highest BCUT2D eigenvalue weighted by molar-refractivity contribution is 4.72. The lowest BCUT2D eigenvalue weighted by Crippen LogP contribution is -2.24. The third-order valence-electron chi connectivity index (χ3n) is 2.84. The van der Waals surface area contributed by atoms with Crippen molar-refractivity contribution in [3.05, 3.63) is 0 Å². The molecule has 1 nitrogen and oxygen atoms in total. The molecule has 1 heteroatoms. The van der Waals surface area contributed by atoms with Crippen LogP contribution >= 0.6 is 0 Å². The number of rotatable bonds is 3. The van der Waals surface area contributed by atoms with Crippen LogP contribution in [-0.2, 0) is 4.74 Å². The molecular formula is C11H22O. The van der Waals surface area contributed by atoms with Crippen LogP contribution in [0.4, 0.5) is 0 Å². The monoisotopic (exact) mass is 170 g/mol. The van der Waals surface area contributed by atoms with Gasteiger partial charge in [0.15, 0.2) is 0 Å². The van der Waals surface area contributed by atoms with Crippen LogP contribution in [0.3, 0.4) is 0 Å². The minimum Gasteiger partial charge on any atom is -0.376 e. The average Bonchev–Trinajstić information content (AvgIpc) is 2.05. The predicted molar refractivity (Wildman–Crippen MR) is 52.3 cm³/mol. The average molecular weight is 170 g/mol. The molecule has 0 aliphatic heterocycles. The molecule has 1 fully saturated rings. The maximum atomic E-state index is 5.78. The van der Waals surface area contributed by atoms with Gasteiger partial charge in [-0.2, -0.15) is 0 Å². The maximum absolute atomic E-state index is 5.78. The van der Waals surface area contributed by atoms with Crippen molar-refractivity contribution in [1.82, 2.24) is 0 Å². The molecule has 1 saturated carbocycles. The number of hydrogen-bond acceptors (Lipinski definition) is 1. The topological polar surface area (TPSA) is 9.23 Å². The summed E-state index contributed by atoms with van der Waals surface area (Å²) in [5, 5.41) is 0. The van der Waals surface area contributed by atoms with Crippen molar-refractivity contribution in [3.63, 3.8) is 0 Å². The van der Waals surface area contributed by atoms with E-state index in [9.17, 15) is 0 Å². The second kappa shape index (κ2) is 4.86. The van der Waals surface area contributed by atoms with E-state index in [1.165, 1.54) is 32.1 Å². The Kier molecular flexibility index (Phi) is 4.07. The fourth-order valence-electron chi connectivity index (χ4n) is 2.06. The largest absolute Gasteiger partial charge is 0.376 e. The van der Waals surface area contributed by atoms with Gasteiger partial charge < -0.3 is 4.74 Å². The Labute approximate surface area is 76.5 Å². The molecule has 0 heterocycles. The van der Waals surface area contributed by atoms with Crippen LogP contribution in [0.15, 0.2) is 0 Å². The summed E-state index contributed by atoms with van der Waals surface area (Å²) < 4.78 is 5.78. The minimum atomic E-state index is 0.410. The van der Waals surface area contributed by atoms with E-state index in [-0.39, 0.29) is 0 Å². The van der Waals surface area contributed by atoms with Crippen molar-refractivity contribution in [2.75, 3.05) is 0 Å². The van der Waals surface area contributed by atoms with Crippen molar-refractivity contribution in [2.24, 2.45) is 5.92 Å². The summed E-state index contributed by atoms with van der Waals surface area (Å²) in [4.78, 5) is 0. The van der Waals surface area contributed by atoms with Crippen LogP contribution in [0.1, 0.15) is 52.9 Å². The first kappa shape index (κ1) is 10.0. The third-order valence-corrected chi connectivity index (χ3v) is 2.84. The van der Waals surface area contributed by atoms with Gasteiger partial charge in [0.2, 0.25) is 0 Å². The minimum absolute atomic E-state index is 0.410. The van der Waals surface area contributed by atoms with E-state index >= 15 is 0 Å². The molecule has 0 aromatic carbocycles. The Morgan fingerprint density at radius 3 is 2.17 bits per heavy atom. The molecule has 1 aliphatic carbocycles. The fraction of sp³-hybridized carbons (Fsp3) is 1.00. The van der Waals surface area contributed by atoms with Gasteiger partial charge >= 0.3 is 0 Å². The second-order valence-corrected chi connectivity index (χ2v) is 4.24. The number of ether oxygens (including phenoxy) is 1. The Bertz CT molecular complexity index is 112. The van der Waals surface area contributed by atoms with E-state index in [2.05, 4.69) is 20.8 Å². The van der Waals surface area contributed by atoms with Gasteiger partial charge in [-0.25, -0.2) is 0 Å². The van der Waals surface area contributed by atoms with Gasteiger partial charge in [-0.3, -0.25) is 0 Å². The van der Waals surface area contributed by atoms with E-state index in [1.807, 2.05) is 0 Å². The molecule has 0 aromatic heterocycles. The lowest BCUT2D eigenvalue weighted by molar-refractivity contribution is -0.0198. The highest BCUT2D eigenvalue weighted by Gasteiger charge is 2.20. The maximum Gasteiger partial charge on any atom is 0.0578 e. The van der Waals surface area contributed by atoms with E-state index in [0.717, 1.165) is 5.92 Å². The molecule has 72 valence electrons. The Morgan fingerprint density at radius 2 is 1.75 bits per heavy atom. The van der Waals surface area contributed by atoms with Crippen molar-refractivity contribution in [1.29, 1.82) is 0 Å². The summed E-state index contributed by atoms with van der Waals surface area (Å²) >= 11 is 0. The summed E-state index contributed by atoms with van der Waals surface area (Å²) in [6.45, 7) is 6.56. The standard InChI is InChI=1S/C11H22O/c1-4-10-5-7-11(8-6-10)12-9(2)3/h9-11H,4-8H2,1-3H3. The zero-order valence-corrected chi connectivity index (χ0v) is 8.68. The molecule has 0 saturated heterocycles. The molecular weight excluding hydrogens is 148 g/mol. The summed E-state index contributed by atoms with van der Waals surface area (Å²) in [6, 6.07) is 0. The molecule has 0 spiro atoms. The van der Waals surface area contributed by atoms with E-state index in [4.69, 9.17) is 4.74 Å². The SMILES string of the molecule is CCC1CCC(OC(C)C)CC1. The summed E-state index contributed by atoms with van der Waals surface area (Å²) in [7, 11) is 0. The van der Waals surface area contributed by atoms with Crippen LogP contribution < -0.4 is 0 Å². The van der Waals surface area contributed by atoms with Crippen LogP contribution in [0.5, 0.6) is 0 Å². The summed E-state index contributed by atoms with van der Waals surface area (Å²) in [5.74, 6) is 0.983. The van der Waals surface area contributed by atoms with Gasteiger partial charge in [0, 0.05) is 0 Å². The molecule has 0 amide bonds. The first-order valence-corrected chi connectivity index (χ1v) is 5.37. The Hall–Kier alpha value is -0.0400. The zero-order valence-electron chi connectivity index (χ0n) is 8.68. The third kappa shape index (κ3) is 3.14. The Morgan fingerprint density at radius 1 is 1.17 bits per heavy atom. The molecule has 1 rings (SSSR count). The van der Waals surface area contributed by atoms with E-state index in [1.54, 1.807) is 0 Å². The van der Waals surface area contributed by atoms with Gasteiger partial charge in [0.05, 0.1) is 12.2 Å². The van der Waals surface area contributed by atoms with Gasteiger partial charge in [0.1, 0.15) is 0 Å². The molecule has 12 heavy (non-hydrogen) atoms. The molecule has 0 bridgehead atoms. The van der Waals surface area contributed by atoms with Crippen molar-refractivity contribution in [3.8, 4) is 0 Å². The lowest BCUT2D eigenvalue weighted by Gasteiger charge is -2.29.